The van der Waals surface area contributed by atoms with E-state index in [1.807, 2.05) is 18.2 Å². The van der Waals surface area contributed by atoms with Crippen LogP contribution < -0.4 is 4.74 Å². The van der Waals surface area contributed by atoms with Crippen LogP contribution in [0.2, 0.25) is 0 Å². The third kappa shape index (κ3) is 2.61. The third-order valence-corrected chi connectivity index (χ3v) is 3.81. The summed E-state index contributed by atoms with van der Waals surface area (Å²) in [4.78, 5) is 14.4. The van der Waals surface area contributed by atoms with Crippen LogP contribution in [0.4, 0.5) is 4.39 Å². The summed E-state index contributed by atoms with van der Waals surface area (Å²) in [6.45, 7) is 1.18. The van der Waals surface area contributed by atoms with Crippen molar-refractivity contribution in [2.45, 2.75) is 13.0 Å². The number of methoxy groups -OCH3 is 1. The lowest BCUT2D eigenvalue weighted by molar-refractivity contribution is 0.0730. The Labute approximate surface area is 123 Å². The Bertz CT molecular complexity index is 684. The second kappa shape index (κ2) is 5.56. The Morgan fingerprint density at radius 1 is 1.19 bits per heavy atom. The molecule has 0 spiro atoms. The van der Waals surface area contributed by atoms with E-state index in [0.29, 0.717) is 18.8 Å². The van der Waals surface area contributed by atoms with E-state index >= 15 is 0 Å². The van der Waals surface area contributed by atoms with Crippen LogP contribution >= 0.6 is 0 Å². The van der Waals surface area contributed by atoms with Gasteiger partial charge in [0.1, 0.15) is 11.6 Å². The molecule has 1 aliphatic heterocycles. The van der Waals surface area contributed by atoms with E-state index in [-0.39, 0.29) is 11.5 Å². The van der Waals surface area contributed by atoms with Crippen molar-refractivity contribution in [3.05, 3.63) is 65.0 Å². The van der Waals surface area contributed by atoms with Crippen molar-refractivity contribution in [1.29, 1.82) is 0 Å². The van der Waals surface area contributed by atoms with Gasteiger partial charge < -0.3 is 9.64 Å². The first-order valence-corrected chi connectivity index (χ1v) is 6.88. The summed E-state index contributed by atoms with van der Waals surface area (Å²) in [7, 11) is 1.48. The molecule has 0 N–H and O–H groups in total. The number of amides is 1. The van der Waals surface area contributed by atoms with Crippen molar-refractivity contribution in [3.63, 3.8) is 0 Å². The largest absolute Gasteiger partial charge is 0.496 e. The number of hydrogen-bond donors (Lipinski definition) is 0. The molecule has 0 saturated heterocycles. The molecule has 3 nitrogen and oxygen atoms in total. The highest BCUT2D eigenvalue weighted by Crippen LogP contribution is 2.25. The van der Waals surface area contributed by atoms with E-state index < -0.39 is 5.82 Å². The van der Waals surface area contributed by atoms with E-state index in [4.69, 9.17) is 4.74 Å². The monoisotopic (exact) mass is 285 g/mol. The number of benzene rings is 2. The Morgan fingerprint density at radius 3 is 2.71 bits per heavy atom. The van der Waals surface area contributed by atoms with Crippen molar-refractivity contribution < 1.29 is 13.9 Å². The van der Waals surface area contributed by atoms with Crippen LogP contribution in [0, 0.1) is 5.82 Å². The maximum absolute atomic E-state index is 13.4. The topological polar surface area (TPSA) is 29.5 Å². The molecule has 3 rings (SSSR count). The minimum atomic E-state index is -0.434. The maximum atomic E-state index is 13.4. The zero-order valence-electron chi connectivity index (χ0n) is 11.8. The van der Waals surface area contributed by atoms with E-state index in [9.17, 15) is 9.18 Å². The molecule has 0 atom stereocenters. The molecular weight excluding hydrogens is 269 g/mol. The SMILES string of the molecule is COc1ccc(F)cc1C(=O)N1CCc2ccccc2C1. The summed E-state index contributed by atoms with van der Waals surface area (Å²) >= 11 is 0. The number of ether oxygens (including phenoxy) is 1. The molecule has 0 unspecified atom stereocenters. The van der Waals surface area contributed by atoms with E-state index in [1.165, 1.54) is 30.9 Å². The van der Waals surface area contributed by atoms with Crippen LogP contribution in [-0.2, 0) is 13.0 Å². The fraction of sp³-hybridized carbons (Fsp3) is 0.235. The summed E-state index contributed by atoms with van der Waals surface area (Å²) in [6, 6.07) is 12.1. The minimum absolute atomic E-state index is 0.194. The van der Waals surface area contributed by atoms with Gasteiger partial charge in [0.15, 0.2) is 0 Å². The van der Waals surface area contributed by atoms with Gasteiger partial charge >= 0.3 is 0 Å². The number of hydrogen-bond acceptors (Lipinski definition) is 2. The molecule has 2 aromatic carbocycles. The predicted octanol–water partition coefficient (Wildman–Crippen LogP) is 3.03. The quantitative estimate of drug-likeness (QED) is 0.849. The van der Waals surface area contributed by atoms with Crippen LogP contribution in [0.15, 0.2) is 42.5 Å². The molecule has 108 valence electrons. The van der Waals surface area contributed by atoms with Gasteiger partial charge in [0.2, 0.25) is 0 Å². The Kier molecular flexibility index (Phi) is 3.60. The maximum Gasteiger partial charge on any atom is 0.258 e. The van der Waals surface area contributed by atoms with Gasteiger partial charge in [-0.3, -0.25) is 4.79 Å². The van der Waals surface area contributed by atoms with Gasteiger partial charge in [-0.2, -0.15) is 0 Å². The second-order valence-electron chi connectivity index (χ2n) is 5.09. The number of halogens is 1. The molecule has 1 heterocycles. The van der Waals surface area contributed by atoms with Crippen molar-refractivity contribution in [3.8, 4) is 5.75 Å². The lowest BCUT2D eigenvalue weighted by Crippen LogP contribution is -2.36. The van der Waals surface area contributed by atoms with Gasteiger partial charge in [0.25, 0.3) is 5.91 Å². The number of nitrogens with zero attached hydrogens (tertiary/aromatic N) is 1. The van der Waals surface area contributed by atoms with Crippen molar-refractivity contribution in [2.75, 3.05) is 13.7 Å². The molecule has 0 bridgehead atoms. The number of rotatable bonds is 2. The van der Waals surface area contributed by atoms with Gasteiger partial charge in [-0.05, 0) is 35.7 Å². The zero-order chi connectivity index (χ0) is 14.8. The highest BCUT2D eigenvalue weighted by Gasteiger charge is 2.24. The van der Waals surface area contributed by atoms with Gasteiger partial charge in [-0.15, -0.1) is 0 Å². The summed E-state index contributed by atoms with van der Waals surface area (Å²) < 4.78 is 18.6. The second-order valence-corrected chi connectivity index (χ2v) is 5.09. The molecule has 4 heteroatoms. The Morgan fingerprint density at radius 2 is 1.95 bits per heavy atom. The third-order valence-electron chi connectivity index (χ3n) is 3.81. The van der Waals surface area contributed by atoms with E-state index in [1.54, 1.807) is 4.90 Å². The highest BCUT2D eigenvalue weighted by atomic mass is 19.1. The van der Waals surface area contributed by atoms with Gasteiger partial charge in [0.05, 0.1) is 12.7 Å². The predicted molar refractivity (Wildman–Crippen MR) is 77.8 cm³/mol. The molecule has 2 aromatic rings. The summed E-state index contributed by atoms with van der Waals surface area (Å²) in [5, 5.41) is 0. The minimum Gasteiger partial charge on any atom is -0.496 e. The van der Waals surface area contributed by atoms with Gasteiger partial charge in [0, 0.05) is 13.1 Å². The fourth-order valence-electron chi connectivity index (χ4n) is 2.69. The van der Waals surface area contributed by atoms with Gasteiger partial charge in [-0.25, -0.2) is 4.39 Å². The summed E-state index contributed by atoms with van der Waals surface area (Å²) in [5.74, 6) is -0.224. The van der Waals surface area contributed by atoms with Crippen molar-refractivity contribution in [2.24, 2.45) is 0 Å². The fourth-order valence-corrected chi connectivity index (χ4v) is 2.69. The first-order valence-electron chi connectivity index (χ1n) is 6.88. The van der Waals surface area contributed by atoms with Crippen LogP contribution in [0.5, 0.6) is 5.75 Å². The summed E-state index contributed by atoms with van der Waals surface area (Å²) in [6.07, 6.45) is 0.819. The standard InChI is InChI=1S/C17H16FNO2/c1-21-16-7-6-14(18)10-15(16)17(20)19-9-8-12-4-2-3-5-13(12)11-19/h2-7,10H,8-9,11H2,1H3. The Hall–Kier alpha value is -2.36. The number of fused-ring (bicyclic) bond motifs is 1. The normalized spacial score (nSPS) is 13.7. The van der Waals surface area contributed by atoms with Crippen LogP contribution in [-0.4, -0.2) is 24.5 Å². The molecule has 0 radical (unpaired) electrons. The molecule has 0 aromatic heterocycles. The zero-order valence-corrected chi connectivity index (χ0v) is 11.8. The smallest absolute Gasteiger partial charge is 0.258 e. The van der Waals surface area contributed by atoms with Crippen molar-refractivity contribution in [1.82, 2.24) is 4.90 Å². The molecule has 21 heavy (non-hydrogen) atoms. The van der Waals surface area contributed by atoms with Crippen LogP contribution in [0.3, 0.4) is 0 Å². The van der Waals surface area contributed by atoms with E-state index in [2.05, 4.69) is 6.07 Å². The number of carbonyl (C=O) groups excluding carboxylic acids is 1. The Balaban J connectivity index is 1.89. The van der Waals surface area contributed by atoms with Crippen LogP contribution in [0.1, 0.15) is 21.5 Å². The van der Waals surface area contributed by atoms with Crippen LogP contribution in [0.25, 0.3) is 0 Å². The summed E-state index contributed by atoms with van der Waals surface area (Å²) in [5.41, 5.74) is 2.69. The first-order chi connectivity index (χ1) is 10.2. The molecule has 0 saturated carbocycles. The van der Waals surface area contributed by atoms with Crippen molar-refractivity contribution >= 4 is 5.91 Å². The lowest BCUT2D eigenvalue weighted by Gasteiger charge is -2.29. The molecule has 1 aliphatic rings. The first kappa shape index (κ1) is 13.6. The lowest BCUT2D eigenvalue weighted by atomic mass is 9.99. The van der Waals surface area contributed by atoms with E-state index in [0.717, 1.165) is 12.0 Å². The number of carbonyl (C=O) groups is 1. The average Bonchev–Trinajstić information content (AvgIpc) is 2.53. The van der Waals surface area contributed by atoms with Gasteiger partial charge in [-0.1, -0.05) is 24.3 Å². The molecule has 0 aliphatic carbocycles. The average molecular weight is 285 g/mol. The molecule has 1 amide bonds. The highest BCUT2D eigenvalue weighted by molar-refractivity contribution is 5.97. The molecular formula is C17H16FNO2. The molecule has 0 fully saturated rings.